The maximum Gasteiger partial charge on any atom is 0.303 e. The van der Waals surface area contributed by atoms with Crippen LogP contribution in [0, 0.1) is 18.7 Å². The molecule has 2 heterocycles. The molecule has 1 aliphatic rings. The summed E-state index contributed by atoms with van der Waals surface area (Å²) in [5, 5.41) is 8.99. The van der Waals surface area contributed by atoms with Crippen LogP contribution in [-0.4, -0.2) is 29.1 Å². The Balaban J connectivity index is 1.51. The van der Waals surface area contributed by atoms with Gasteiger partial charge in [0.25, 0.3) is 0 Å². The van der Waals surface area contributed by atoms with E-state index in [2.05, 4.69) is 4.98 Å². The fraction of sp³-hybridized carbons (Fsp3) is 0.308. The van der Waals surface area contributed by atoms with E-state index in [4.69, 9.17) is 9.84 Å². The average molecular weight is 435 g/mol. The van der Waals surface area contributed by atoms with Crippen molar-refractivity contribution in [2.45, 2.75) is 32.8 Å². The number of ether oxygens (including phenoxy) is 1. The molecule has 0 aliphatic carbocycles. The van der Waals surface area contributed by atoms with Crippen LogP contribution in [0.1, 0.15) is 30.5 Å². The lowest BCUT2D eigenvalue weighted by Gasteiger charge is -2.33. The fourth-order valence-corrected chi connectivity index (χ4v) is 4.14. The van der Waals surface area contributed by atoms with E-state index in [0.717, 1.165) is 29.7 Å². The van der Waals surface area contributed by atoms with Gasteiger partial charge in [0.1, 0.15) is 12.4 Å². The van der Waals surface area contributed by atoms with Gasteiger partial charge in [-0.1, -0.05) is 36.4 Å². The quantitative estimate of drug-likeness (QED) is 0.535. The Morgan fingerprint density at radius 2 is 1.88 bits per heavy atom. The van der Waals surface area contributed by atoms with E-state index in [1.807, 2.05) is 60.4 Å². The van der Waals surface area contributed by atoms with Crippen molar-refractivity contribution in [2.24, 2.45) is 5.92 Å². The van der Waals surface area contributed by atoms with Crippen molar-refractivity contribution in [3.05, 3.63) is 77.7 Å². The Kier molecular flexibility index (Phi) is 6.69. The zero-order valence-electron chi connectivity index (χ0n) is 18.1. The molecule has 1 fully saturated rings. The van der Waals surface area contributed by atoms with Gasteiger partial charge in [-0.2, -0.15) is 0 Å². The molecule has 1 saturated heterocycles. The van der Waals surface area contributed by atoms with Crippen LogP contribution in [0.15, 0.2) is 60.7 Å². The third-order valence-electron chi connectivity index (χ3n) is 5.90. The monoisotopic (exact) mass is 434 g/mol. The highest BCUT2D eigenvalue weighted by molar-refractivity contribution is 5.71. The van der Waals surface area contributed by atoms with Gasteiger partial charge in [0, 0.05) is 30.8 Å². The Bertz CT molecular complexity index is 1080. The van der Waals surface area contributed by atoms with Crippen molar-refractivity contribution in [2.75, 3.05) is 18.0 Å². The summed E-state index contributed by atoms with van der Waals surface area (Å²) in [5.74, 6) is -0.422. The number of piperidine rings is 1. The van der Waals surface area contributed by atoms with E-state index in [9.17, 15) is 4.79 Å². The zero-order chi connectivity index (χ0) is 22.5. The number of carboxylic acids is 1. The van der Waals surface area contributed by atoms with E-state index in [1.54, 1.807) is 6.07 Å². The number of halogens is 1. The number of hydrogen-bond donors (Lipinski definition) is 1. The molecule has 166 valence electrons. The largest absolute Gasteiger partial charge is 0.481 e. The summed E-state index contributed by atoms with van der Waals surface area (Å²) >= 11 is 0. The number of carbonyl (C=O) groups is 1. The molecule has 2 aromatic carbocycles. The van der Waals surface area contributed by atoms with Crippen LogP contribution >= 0.6 is 0 Å². The lowest BCUT2D eigenvalue weighted by molar-refractivity contribution is -0.138. The minimum atomic E-state index is -0.768. The number of nitrogens with zero attached hydrogens (tertiary/aromatic N) is 2. The number of aryl methyl sites for hydroxylation is 1. The molecule has 6 heteroatoms. The first-order chi connectivity index (χ1) is 15.5. The summed E-state index contributed by atoms with van der Waals surface area (Å²) in [7, 11) is 0. The Hall–Kier alpha value is -3.41. The minimum Gasteiger partial charge on any atom is -0.481 e. The van der Waals surface area contributed by atoms with E-state index in [0.29, 0.717) is 36.8 Å². The van der Waals surface area contributed by atoms with Gasteiger partial charge in [-0.25, -0.2) is 9.37 Å². The topological polar surface area (TPSA) is 62.7 Å². The summed E-state index contributed by atoms with van der Waals surface area (Å²) in [5.41, 5.74) is 3.88. The Morgan fingerprint density at radius 1 is 1.12 bits per heavy atom. The first kappa shape index (κ1) is 21.8. The molecule has 0 radical (unpaired) electrons. The van der Waals surface area contributed by atoms with Gasteiger partial charge in [0.15, 0.2) is 0 Å². The molecule has 4 rings (SSSR count). The van der Waals surface area contributed by atoms with Gasteiger partial charge >= 0.3 is 5.97 Å². The molecule has 0 spiro atoms. The van der Waals surface area contributed by atoms with Crippen molar-refractivity contribution < 1.29 is 19.0 Å². The summed E-state index contributed by atoms with van der Waals surface area (Å²) < 4.78 is 21.1. The van der Waals surface area contributed by atoms with Gasteiger partial charge in [0.2, 0.25) is 5.88 Å². The minimum absolute atomic E-state index is 0.161. The fourth-order valence-electron chi connectivity index (χ4n) is 4.14. The molecular formula is C26H27FN2O3. The Morgan fingerprint density at radius 3 is 2.56 bits per heavy atom. The number of rotatable bonds is 7. The second-order valence-electron chi connectivity index (χ2n) is 8.27. The van der Waals surface area contributed by atoms with Crippen LogP contribution in [0.4, 0.5) is 10.1 Å². The lowest BCUT2D eigenvalue weighted by Crippen LogP contribution is -2.34. The summed E-state index contributed by atoms with van der Waals surface area (Å²) in [4.78, 5) is 17.5. The summed E-state index contributed by atoms with van der Waals surface area (Å²) in [6, 6.07) is 18.9. The number of aliphatic carboxylic acids is 1. The highest BCUT2D eigenvalue weighted by atomic mass is 19.1. The van der Waals surface area contributed by atoms with Gasteiger partial charge < -0.3 is 14.7 Å². The molecule has 0 saturated carbocycles. The van der Waals surface area contributed by atoms with E-state index >= 15 is 4.39 Å². The van der Waals surface area contributed by atoms with Crippen LogP contribution in [0.5, 0.6) is 5.88 Å². The third kappa shape index (κ3) is 5.25. The highest BCUT2D eigenvalue weighted by Crippen LogP contribution is 2.34. The van der Waals surface area contributed by atoms with Gasteiger partial charge in [-0.15, -0.1) is 0 Å². The number of aromatic nitrogens is 1. The number of hydrogen-bond acceptors (Lipinski definition) is 4. The summed E-state index contributed by atoms with van der Waals surface area (Å²) in [6.07, 6.45) is 1.70. The van der Waals surface area contributed by atoms with Crippen LogP contribution in [0.2, 0.25) is 0 Å². The molecule has 0 amide bonds. The molecule has 5 nitrogen and oxygen atoms in total. The van der Waals surface area contributed by atoms with Crippen molar-refractivity contribution in [3.63, 3.8) is 0 Å². The third-order valence-corrected chi connectivity index (χ3v) is 5.90. The molecule has 0 unspecified atom stereocenters. The molecule has 32 heavy (non-hydrogen) atoms. The van der Waals surface area contributed by atoms with Gasteiger partial charge in [0.05, 0.1) is 5.69 Å². The molecule has 1 N–H and O–H groups in total. The highest BCUT2D eigenvalue weighted by Gasteiger charge is 2.23. The Labute approximate surface area is 187 Å². The first-order valence-electron chi connectivity index (χ1n) is 10.9. The van der Waals surface area contributed by atoms with Crippen molar-refractivity contribution in [3.8, 4) is 17.0 Å². The second-order valence-corrected chi connectivity index (χ2v) is 8.27. The molecular weight excluding hydrogens is 407 g/mol. The maximum absolute atomic E-state index is 15.1. The molecule has 1 aliphatic heterocycles. The number of anilines is 1. The molecule has 1 aromatic heterocycles. The number of pyridine rings is 1. The molecule has 3 aromatic rings. The zero-order valence-corrected chi connectivity index (χ0v) is 18.1. The number of benzene rings is 2. The van der Waals surface area contributed by atoms with Crippen LogP contribution in [-0.2, 0) is 11.4 Å². The van der Waals surface area contributed by atoms with E-state index in [-0.39, 0.29) is 18.2 Å². The SMILES string of the molecule is Cc1ccc(-c2ccc(N3CCC(CC(=O)O)CC3)c(F)c2)c(OCc2ccccc2)n1. The standard InChI is InChI=1S/C26H27FN2O3/c1-18-7-9-22(26(28-18)32-17-20-5-3-2-4-6-20)21-8-10-24(23(27)16-21)29-13-11-19(12-14-29)15-25(30)31/h2-10,16,19H,11-15,17H2,1H3,(H,30,31). The van der Waals surface area contributed by atoms with Crippen molar-refractivity contribution in [1.82, 2.24) is 4.98 Å². The lowest BCUT2D eigenvalue weighted by atomic mass is 9.93. The van der Waals surface area contributed by atoms with E-state index in [1.165, 1.54) is 6.07 Å². The predicted molar refractivity (Wildman–Crippen MR) is 122 cm³/mol. The van der Waals surface area contributed by atoms with E-state index < -0.39 is 5.97 Å². The molecule has 0 bridgehead atoms. The van der Waals surface area contributed by atoms with Crippen LogP contribution in [0.3, 0.4) is 0 Å². The summed E-state index contributed by atoms with van der Waals surface area (Å²) in [6.45, 7) is 3.60. The van der Waals surface area contributed by atoms with Crippen molar-refractivity contribution in [1.29, 1.82) is 0 Å². The first-order valence-corrected chi connectivity index (χ1v) is 10.9. The normalized spacial score (nSPS) is 14.4. The maximum atomic E-state index is 15.1. The second kappa shape index (κ2) is 9.81. The average Bonchev–Trinajstić information content (AvgIpc) is 2.79. The van der Waals surface area contributed by atoms with Crippen LogP contribution in [0.25, 0.3) is 11.1 Å². The smallest absolute Gasteiger partial charge is 0.303 e. The van der Waals surface area contributed by atoms with Crippen LogP contribution < -0.4 is 9.64 Å². The van der Waals surface area contributed by atoms with Gasteiger partial charge in [-0.05, 0) is 61.1 Å². The predicted octanol–water partition coefficient (Wildman–Crippen LogP) is 5.47. The molecule has 0 atom stereocenters. The number of carboxylic acid groups (broad SMARTS) is 1. The van der Waals surface area contributed by atoms with Gasteiger partial charge in [-0.3, -0.25) is 4.79 Å². The van der Waals surface area contributed by atoms with Crippen molar-refractivity contribution >= 4 is 11.7 Å².